The van der Waals surface area contributed by atoms with Gasteiger partial charge in [0.05, 0.1) is 19.8 Å². The Labute approximate surface area is 114 Å². The number of rotatable bonds is 5. The topological polar surface area (TPSA) is 38.8 Å². The highest BCUT2D eigenvalue weighted by Crippen LogP contribution is 2.23. The zero-order valence-corrected chi connectivity index (χ0v) is 11.6. The third-order valence-electron chi connectivity index (χ3n) is 3.26. The molecule has 0 aliphatic carbocycles. The summed E-state index contributed by atoms with van der Waals surface area (Å²) in [6, 6.07) is 5.68. The van der Waals surface area contributed by atoms with Gasteiger partial charge in [-0.2, -0.15) is 0 Å². The van der Waals surface area contributed by atoms with Crippen LogP contribution in [-0.2, 0) is 11.3 Å². The van der Waals surface area contributed by atoms with Crippen LogP contribution >= 0.6 is 0 Å². The summed E-state index contributed by atoms with van der Waals surface area (Å²) in [5.41, 5.74) is 1.82. The van der Waals surface area contributed by atoms with E-state index >= 15 is 0 Å². The second-order valence-electron chi connectivity index (χ2n) is 4.70. The Morgan fingerprint density at radius 1 is 1.37 bits per heavy atom. The number of hydrogen-bond donors (Lipinski definition) is 0. The lowest BCUT2D eigenvalue weighted by Crippen LogP contribution is -2.35. The van der Waals surface area contributed by atoms with Crippen LogP contribution in [0.2, 0.25) is 0 Å². The van der Waals surface area contributed by atoms with Crippen molar-refractivity contribution in [1.82, 2.24) is 4.90 Å². The smallest absolute Gasteiger partial charge is 0.159 e. The zero-order valence-electron chi connectivity index (χ0n) is 11.6. The van der Waals surface area contributed by atoms with Gasteiger partial charge in [-0.1, -0.05) is 0 Å². The monoisotopic (exact) mass is 263 g/mol. The highest BCUT2D eigenvalue weighted by Gasteiger charge is 2.14. The maximum absolute atomic E-state index is 11.5. The fourth-order valence-corrected chi connectivity index (χ4v) is 2.22. The standard InChI is InChI=1S/C15H21NO3/c1-3-19-15-5-4-13(12(2)17)10-14(15)11-16-6-8-18-9-7-16/h4-5,10H,3,6-9,11H2,1-2H3. The van der Waals surface area contributed by atoms with E-state index in [0.717, 1.165) is 49.7 Å². The average Bonchev–Trinajstić information content (AvgIpc) is 2.42. The molecule has 0 radical (unpaired) electrons. The van der Waals surface area contributed by atoms with E-state index in [2.05, 4.69) is 4.90 Å². The summed E-state index contributed by atoms with van der Waals surface area (Å²) < 4.78 is 11.0. The maximum atomic E-state index is 11.5. The summed E-state index contributed by atoms with van der Waals surface area (Å²) in [6.45, 7) is 8.40. The summed E-state index contributed by atoms with van der Waals surface area (Å²) in [7, 11) is 0. The van der Waals surface area contributed by atoms with Crippen molar-refractivity contribution in [1.29, 1.82) is 0 Å². The molecule has 1 aliphatic heterocycles. The second kappa shape index (κ2) is 6.68. The molecule has 1 saturated heterocycles. The molecule has 1 aromatic carbocycles. The van der Waals surface area contributed by atoms with Crippen molar-refractivity contribution >= 4 is 5.78 Å². The first kappa shape index (κ1) is 14.0. The van der Waals surface area contributed by atoms with Crippen molar-refractivity contribution in [3.8, 4) is 5.75 Å². The van der Waals surface area contributed by atoms with E-state index in [4.69, 9.17) is 9.47 Å². The van der Waals surface area contributed by atoms with Crippen LogP contribution in [0.15, 0.2) is 18.2 Å². The molecule has 0 unspecified atom stereocenters. The Morgan fingerprint density at radius 2 is 2.11 bits per heavy atom. The molecule has 0 bridgehead atoms. The van der Waals surface area contributed by atoms with Crippen molar-refractivity contribution < 1.29 is 14.3 Å². The lowest BCUT2D eigenvalue weighted by Gasteiger charge is -2.27. The molecule has 1 aliphatic rings. The molecule has 0 amide bonds. The van der Waals surface area contributed by atoms with Gasteiger partial charge in [-0.25, -0.2) is 0 Å². The first-order valence-corrected chi connectivity index (χ1v) is 6.77. The molecule has 19 heavy (non-hydrogen) atoms. The molecule has 1 heterocycles. The van der Waals surface area contributed by atoms with Crippen LogP contribution in [0.1, 0.15) is 29.8 Å². The first-order chi connectivity index (χ1) is 9.20. The fourth-order valence-electron chi connectivity index (χ4n) is 2.22. The van der Waals surface area contributed by atoms with Crippen molar-refractivity contribution in [3.63, 3.8) is 0 Å². The van der Waals surface area contributed by atoms with Gasteiger partial charge in [-0.3, -0.25) is 9.69 Å². The number of carbonyl (C=O) groups excluding carboxylic acids is 1. The average molecular weight is 263 g/mol. The SMILES string of the molecule is CCOc1ccc(C(C)=O)cc1CN1CCOCC1. The van der Waals surface area contributed by atoms with Crippen LogP contribution in [0.3, 0.4) is 0 Å². The van der Waals surface area contributed by atoms with Crippen LogP contribution in [0.25, 0.3) is 0 Å². The number of hydrogen-bond acceptors (Lipinski definition) is 4. The predicted octanol–water partition coefficient (Wildman–Crippen LogP) is 2.12. The minimum atomic E-state index is 0.0891. The molecule has 0 N–H and O–H groups in total. The van der Waals surface area contributed by atoms with Crippen LogP contribution in [0.5, 0.6) is 5.75 Å². The number of ether oxygens (including phenoxy) is 2. The molecule has 0 saturated carbocycles. The van der Waals surface area contributed by atoms with Crippen molar-refractivity contribution in [2.75, 3.05) is 32.9 Å². The number of nitrogens with zero attached hydrogens (tertiary/aromatic N) is 1. The first-order valence-electron chi connectivity index (χ1n) is 6.77. The Hall–Kier alpha value is -1.39. The van der Waals surface area contributed by atoms with Crippen LogP contribution in [-0.4, -0.2) is 43.6 Å². The van der Waals surface area contributed by atoms with E-state index in [1.54, 1.807) is 6.92 Å². The summed E-state index contributed by atoms with van der Waals surface area (Å²) in [4.78, 5) is 13.8. The van der Waals surface area contributed by atoms with E-state index in [0.29, 0.717) is 6.61 Å². The van der Waals surface area contributed by atoms with Gasteiger partial charge in [0.15, 0.2) is 5.78 Å². The third kappa shape index (κ3) is 3.78. The normalized spacial score (nSPS) is 16.3. The maximum Gasteiger partial charge on any atom is 0.159 e. The van der Waals surface area contributed by atoms with E-state index in [1.165, 1.54) is 0 Å². The number of benzene rings is 1. The summed E-state index contributed by atoms with van der Waals surface area (Å²) in [6.07, 6.45) is 0. The number of carbonyl (C=O) groups is 1. The van der Waals surface area contributed by atoms with Gasteiger partial charge in [0.2, 0.25) is 0 Å². The third-order valence-corrected chi connectivity index (χ3v) is 3.26. The fraction of sp³-hybridized carbons (Fsp3) is 0.533. The number of ketones is 1. The van der Waals surface area contributed by atoms with Crippen LogP contribution in [0, 0.1) is 0 Å². The molecular formula is C15H21NO3. The van der Waals surface area contributed by atoms with Gasteiger partial charge in [0.1, 0.15) is 5.75 Å². The molecule has 104 valence electrons. The summed E-state index contributed by atoms with van der Waals surface area (Å²) in [5, 5.41) is 0. The molecule has 1 fully saturated rings. The second-order valence-corrected chi connectivity index (χ2v) is 4.70. The molecule has 0 atom stereocenters. The van der Waals surface area contributed by atoms with Gasteiger partial charge in [0.25, 0.3) is 0 Å². The molecular weight excluding hydrogens is 242 g/mol. The lowest BCUT2D eigenvalue weighted by molar-refractivity contribution is 0.0338. The van der Waals surface area contributed by atoms with E-state index in [1.807, 2.05) is 25.1 Å². The molecule has 4 heteroatoms. The Balaban J connectivity index is 2.18. The zero-order chi connectivity index (χ0) is 13.7. The molecule has 1 aromatic rings. The minimum absolute atomic E-state index is 0.0891. The van der Waals surface area contributed by atoms with Gasteiger partial charge in [0, 0.05) is 30.8 Å². The van der Waals surface area contributed by atoms with Crippen molar-refractivity contribution in [2.45, 2.75) is 20.4 Å². The van der Waals surface area contributed by atoms with E-state index in [9.17, 15) is 4.79 Å². The Kier molecular flexibility index (Phi) is 4.93. The molecule has 0 aromatic heterocycles. The highest BCUT2D eigenvalue weighted by molar-refractivity contribution is 5.94. The van der Waals surface area contributed by atoms with E-state index in [-0.39, 0.29) is 5.78 Å². The highest BCUT2D eigenvalue weighted by atomic mass is 16.5. The molecule has 2 rings (SSSR count). The van der Waals surface area contributed by atoms with Crippen molar-refractivity contribution in [2.24, 2.45) is 0 Å². The van der Waals surface area contributed by atoms with Gasteiger partial charge < -0.3 is 9.47 Å². The molecule has 0 spiro atoms. The predicted molar refractivity (Wildman–Crippen MR) is 73.7 cm³/mol. The quantitative estimate of drug-likeness (QED) is 0.763. The summed E-state index contributed by atoms with van der Waals surface area (Å²) in [5.74, 6) is 0.963. The van der Waals surface area contributed by atoms with Crippen molar-refractivity contribution in [3.05, 3.63) is 29.3 Å². The van der Waals surface area contributed by atoms with Gasteiger partial charge in [-0.05, 0) is 32.0 Å². The largest absolute Gasteiger partial charge is 0.494 e. The van der Waals surface area contributed by atoms with E-state index < -0.39 is 0 Å². The lowest BCUT2D eigenvalue weighted by atomic mass is 10.1. The Bertz CT molecular complexity index is 439. The minimum Gasteiger partial charge on any atom is -0.494 e. The van der Waals surface area contributed by atoms with Crippen LogP contribution < -0.4 is 4.74 Å². The van der Waals surface area contributed by atoms with Crippen LogP contribution in [0.4, 0.5) is 0 Å². The van der Waals surface area contributed by atoms with Gasteiger partial charge >= 0.3 is 0 Å². The Morgan fingerprint density at radius 3 is 2.74 bits per heavy atom. The van der Waals surface area contributed by atoms with Gasteiger partial charge in [-0.15, -0.1) is 0 Å². The number of morpholine rings is 1. The molecule has 4 nitrogen and oxygen atoms in total. The summed E-state index contributed by atoms with van der Waals surface area (Å²) >= 11 is 0. The number of Topliss-reactive ketones (excluding diaryl/α,β-unsaturated/α-hetero) is 1.